The molecule has 0 saturated heterocycles. The summed E-state index contributed by atoms with van der Waals surface area (Å²) in [5.41, 5.74) is 0.513. The standard InChI is InChI=1S/C8H7N3O/c1-2-3-12-7-11-6-8(4-9)5-10-11/h1,5-6H,3,7H2. The van der Waals surface area contributed by atoms with E-state index in [4.69, 9.17) is 16.4 Å². The lowest BCUT2D eigenvalue weighted by Gasteiger charge is -1.98. The van der Waals surface area contributed by atoms with Gasteiger partial charge in [-0.25, -0.2) is 4.68 Å². The van der Waals surface area contributed by atoms with Crippen molar-refractivity contribution >= 4 is 0 Å². The molecular weight excluding hydrogens is 154 g/mol. The predicted octanol–water partition coefficient (Wildman–Crippen LogP) is 0.362. The topological polar surface area (TPSA) is 50.8 Å². The van der Waals surface area contributed by atoms with Crippen LogP contribution in [0.25, 0.3) is 0 Å². The second kappa shape index (κ2) is 4.17. The first kappa shape index (κ1) is 8.32. The molecule has 0 aliphatic carbocycles. The van der Waals surface area contributed by atoms with E-state index in [-0.39, 0.29) is 13.3 Å². The summed E-state index contributed by atoms with van der Waals surface area (Å²) in [5, 5.41) is 12.3. The molecule has 60 valence electrons. The molecule has 1 heterocycles. The summed E-state index contributed by atoms with van der Waals surface area (Å²) in [7, 11) is 0. The Morgan fingerprint density at radius 3 is 3.17 bits per heavy atom. The number of nitrogens with zero attached hydrogens (tertiary/aromatic N) is 3. The summed E-state index contributed by atoms with van der Waals surface area (Å²) in [4.78, 5) is 0. The van der Waals surface area contributed by atoms with Gasteiger partial charge in [0.25, 0.3) is 0 Å². The Labute approximate surface area is 70.4 Å². The maximum Gasteiger partial charge on any atom is 0.140 e. The Hall–Kier alpha value is -1.78. The Morgan fingerprint density at radius 2 is 2.58 bits per heavy atom. The minimum atomic E-state index is 0.252. The number of aromatic nitrogens is 2. The molecule has 4 nitrogen and oxygen atoms in total. The summed E-state index contributed by atoms with van der Waals surface area (Å²) >= 11 is 0. The van der Waals surface area contributed by atoms with E-state index in [2.05, 4.69) is 11.0 Å². The van der Waals surface area contributed by atoms with Crippen molar-refractivity contribution in [2.45, 2.75) is 6.73 Å². The van der Waals surface area contributed by atoms with E-state index >= 15 is 0 Å². The normalized spacial score (nSPS) is 8.83. The van der Waals surface area contributed by atoms with E-state index in [0.29, 0.717) is 5.56 Å². The van der Waals surface area contributed by atoms with Crippen LogP contribution in [-0.2, 0) is 11.5 Å². The molecule has 0 aliphatic heterocycles. The van der Waals surface area contributed by atoms with Crippen molar-refractivity contribution in [3.63, 3.8) is 0 Å². The molecule has 0 radical (unpaired) electrons. The Bertz CT molecular complexity index is 329. The third kappa shape index (κ3) is 2.12. The highest BCUT2D eigenvalue weighted by Gasteiger charge is 1.94. The minimum absolute atomic E-state index is 0.252. The van der Waals surface area contributed by atoms with Crippen LogP contribution in [0.3, 0.4) is 0 Å². The second-order valence-corrected chi connectivity index (χ2v) is 2.06. The maximum absolute atomic E-state index is 8.45. The third-order valence-corrected chi connectivity index (χ3v) is 1.17. The number of rotatable bonds is 3. The molecule has 0 atom stereocenters. The summed E-state index contributed by atoms with van der Waals surface area (Å²) in [6, 6.07) is 1.96. The maximum atomic E-state index is 8.45. The molecule has 0 aromatic carbocycles. The van der Waals surface area contributed by atoms with Crippen LogP contribution < -0.4 is 0 Å². The molecular formula is C8H7N3O. The van der Waals surface area contributed by atoms with Gasteiger partial charge in [-0.2, -0.15) is 10.4 Å². The zero-order valence-electron chi connectivity index (χ0n) is 6.40. The number of terminal acetylenes is 1. The van der Waals surface area contributed by atoms with E-state index in [0.717, 1.165) is 0 Å². The van der Waals surface area contributed by atoms with Crippen LogP contribution in [-0.4, -0.2) is 16.4 Å². The molecule has 0 unspecified atom stereocenters. The molecule has 0 bridgehead atoms. The van der Waals surface area contributed by atoms with Crippen molar-refractivity contribution in [3.05, 3.63) is 18.0 Å². The van der Waals surface area contributed by atoms with Gasteiger partial charge in [-0.05, 0) is 0 Å². The van der Waals surface area contributed by atoms with E-state index in [1.165, 1.54) is 10.9 Å². The Balaban J connectivity index is 2.44. The number of hydrogen-bond donors (Lipinski definition) is 0. The molecule has 0 spiro atoms. The molecule has 1 rings (SSSR count). The molecule has 12 heavy (non-hydrogen) atoms. The van der Waals surface area contributed by atoms with Crippen molar-refractivity contribution in [1.82, 2.24) is 9.78 Å². The largest absolute Gasteiger partial charge is 0.347 e. The van der Waals surface area contributed by atoms with E-state index in [1.807, 2.05) is 6.07 Å². The van der Waals surface area contributed by atoms with E-state index in [9.17, 15) is 0 Å². The molecule has 4 heteroatoms. The van der Waals surface area contributed by atoms with Gasteiger partial charge in [-0.15, -0.1) is 6.42 Å². The van der Waals surface area contributed by atoms with Crippen LogP contribution in [0, 0.1) is 23.7 Å². The van der Waals surface area contributed by atoms with E-state index < -0.39 is 0 Å². The SMILES string of the molecule is C#CCOCn1cc(C#N)cn1. The third-order valence-electron chi connectivity index (χ3n) is 1.17. The minimum Gasteiger partial charge on any atom is -0.347 e. The molecule has 0 aliphatic rings. The predicted molar refractivity (Wildman–Crippen MR) is 41.7 cm³/mol. The van der Waals surface area contributed by atoms with Gasteiger partial charge in [0, 0.05) is 6.20 Å². The highest BCUT2D eigenvalue weighted by molar-refractivity contribution is 5.21. The van der Waals surface area contributed by atoms with Gasteiger partial charge >= 0.3 is 0 Å². The number of ether oxygens (including phenoxy) is 1. The van der Waals surface area contributed by atoms with Crippen LogP contribution in [0.2, 0.25) is 0 Å². The number of nitriles is 1. The van der Waals surface area contributed by atoms with Gasteiger partial charge < -0.3 is 4.74 Å². The first-order chi connectivity index (χ1) is 5.86. The van der Waals surface area contributed by atoms with Crippen LogP contribution in [0.5, 0.6) is 0 Å². The van der Waals surface area contributed by atoms with Gasteiger partial charge in [-0.1, -0.05) is 5.92 Å². The van der Waals surface area contributed by atoms with Crippen LogP contribution in [0.1, 0.15) is 5.56 Å². The molecule has 1 aromatic heterocycles. The molecule has 0 amide bonds. The molecule has 0 saturated carbocycles. The highest BCUT2D eigenvalue weighted by Crippen LogP contribution is 1.94. The van der Waals surface area contributed by atoms with Crippen LogP contribution in [0.15, 0.2) is 12.4 Å². The summed E-state index contributed by atoms with van der Waals surface area (Å²) in [5.74, 6) is 2.33. The van der Waals surface area contributed by atoms with Crippen molar-refractivity contribution in [3.8, 4) is 18.4 Å². The van der Waals surface area contributed by atoms with Gasteiger partial charge in [0.2, 0.25) is 0 Å². The second-order valence-electron chi connectivity index (χ2n) is 2.06. The van der Waals surface area contributed by atoms with Gasteiger partial charge in [0.1, 0.15) is 19.4 Å². The zero-order valence-corrected chi connectivity index (χ0v) is 6.40. The Morgan fingerprint density at radius 1 is 1.75 bits per heavy atom. The quantitative estimate of drug-likeness (QED) is 0.475. The lowest BCUT2D eigenvalue weighted by atomic mass is 10.4. The van der Waals surface area contributed by atoms with Gasteiger partial charge in [0.05, 0.1) is 11.8 Å². The lowest BCUT2D eigenvalue weighted by molar-refractivity contribution is 0.0949. The fourth-order valence-electron chi connectivity index (χ4n) is 0.690. The van der Waals surface area contributed by atoms with Crippen LogP contribution in [0.4, 0.5) is 0 Å². The summed E-state index contributed by atoms with van der Waals surface area (Å²) < 4.78 is 6.49. The molecule has 0 N–H and O–H groups in total. The van der Waals surface area contributed by atoms with Gasteiger partial charge in [0.15, 0.2) is 0 Å². The number of hydrogen-bond acceptors (Lipinski definition) is 3. The van der Waals surface area contributed by atoms with Crippen molar-refractivity contribution in [2.24, 2.45) is 0 Å². The average molecular weight is 161 g/mol. The first-order valence-corrected chi connectivity index (χ1v) is 3.30. The summed E-state index contributed by atoms with van der Waals surface area (Å²) in [6.45, 7) is 0.535. The van der Waals surface area contributed by atoms with Crippen molar-refractivity contribution in [1.29, 1.82) is 5.26 Å². The summed E-state index contributed by atoms with van der Waals surface area (Å²) in [6.07, 6.45) is 8.03. The lowest BCUT2D eigenvalue weighted by Crippen LogP contribution is -2.02. The smallest absolute Gasteiger partial charge is 0.140 e. The zero-order chi connectivity index (χ0) is 8.81. The fourth-order valence-corrected chi connectivity index (χ4v) is 0.690. The molecule has 1 aromatic rings. The Kier molecular flexibility index (Phi) is 2.89. The monoisotopic (exact) mass is 161 g/mol. The average Bonchev–Trinajstić information content (AvgIpc) is 2.53. The van der Waals surface area contributed by atoms with Gasteiger partial charge in [-0.3, -0.25) is 0 Å². The highest BCUT2D eigenvalue weighted by atomic mass is 16.5. The van der Waals surface area contributed by atoms with E-state index in [1.54, 1.807) is 6.20 Å². The van der Waals surface area contributed by atoms with Crippen molar-refractivity contribution in [2.75, 3.05) is 6.61 Å². The van der Waals surface area contributed by atoms with Crippen LogP contribution >= 0.6 is 0 Å². The fraction of sp³-hybridized carbons (Fsp3) is 0.250. The molecule has 0 fully saturated rings. The first-order valence-electron chi connectivity index (χ1n) is 3.30. The van der Waals surface area contributed by atoms with Crippen molar-refractivity contribution < 1.29 is 4.74 Å².